The molecule has 1 aliphatic rings. The number of para-hydroxylation sites is 1. The second-order valence-corrected chi connectivity index (χ2v) is 7.63. The summed E-state index contributed by atoms with van der Waals surface area (Å²) >= 11 is 0. The number of halogens is 4. The zero-order valence-electron chi connectivity index (χ0n) is 17.1. The Morgan fingerprint density at radius 2 is 1.66 bits per heavy atom. The molecule has 5 nitrogen and oxygen atoms in total. The Bertz CT molecular complexity index is 1070. The molecule has 3 aromatic rings. The van der Waals surface area contributed by atoms with E-state index in [4.69, 9.17) is 0 Å². The van der Waals surface area contributed by atoms with E-state index in [-0.39, 0.29) is 30.1 Å². The van der Waals surface area contributed by atoms with Crippen molar-refractivity contribution in [1.29, 1.82) is 0 Å². The number of carbonyl (C=O) groups excluding carboxylic acids is 1. The highest BCUT2D eigenvalue weighted by Gasteiger charge is 2.31. The minimum Gasteiger partial charge on any atom is -0.406 e. The number of nitrogens with one attached hydrogen (secondary N) is 2. The van der Waals surface area contributed by atoms with Crippen LogP contribution in [0.3, 0.4) is 0 Å². The lowest BCUT2D eigenvalue weighted by molar-refractivity contribution is -0.274. The predicted molar refractivity (Wildman–Crippen MR) is 119 cm³/mol. The van der Waals surface area contributed by atoms with Crippen LogP contribution in [0.4, 0.5) is 19.0 Å². The van der Waals surface area contributed by atoms with Crippen molar-refractivity contribution in [1.82, 2.24) is 10.3 Å². The number of nitrogens with zero attached hydrogens (tertiary/aromatic N) is 1. The van der Waals surface area contributed by atoms with Crippen LogP contribution >= 0.6 is 12.4 Å². The molecule has 9 heteroatoms. The van der Waals surface area contributed by atoms with Crippen molar-refractivity contribution in [2.24, 2.45) is 0 Å². The summed E-state index contributed by atoms with van der Waals surface area (Å²) in [6, 6.07) is 17.3. The summed E-state index contributed by atoms with van der Waals surface area (Å²) in [4.78, 5) is 17.1. The molecule has 170 valence electrons. The van der Waals surface area contributed by atoms with Crippen LogP contribution in [0.5, 0.6) is 5.75 Å². The van der Waals surface area contributed by atoms with Gasteiger partial charge in [0, 0.05) is 23.0 Å². The molecule has 0 saturated heterocycles. The maximum atomic E-state index is 12.5. The van der Waals surface area contributed by atoms with E-state index >= 15 is 0 Å². The van der Waals surface area contributed by atoms with Crippen LogP contribution in [0, 0.1) is 0 Å². The van der Waals surface area contributed by atoms with Crippen LogP contribution in [0.15, 0.2) is 60.7 Å². The number of amides is 1. The number of hydrogen-bond donors (Lipinski definition) is 2. The van der Waals surface area contributed by atoms with Crippen molar-refractivity contribution in [2.45, 2.75) is 44.1 Å². The van der Waals surface area contributed by atoms with Crippen molar-refractivity contribution >= 4 is 35.0 Å². The van der Waals surface area contributed by atoms with E-state index in [0.717, 1.165) is 48.5 Å². The molecule has 0 spiro atoms. The Morgan fingerprint density at radius 3 is 2.41 bits per heavy atom. The monoisotopic (exact) mass is 465 g/mol. The third kappa shape index (κ3) is 6.26. The number of hydrogen-bond acceptors (Lipinski definition) is 4. The zero-order chi connectivity index (χ0) is 21.8. The number of alkyl halides is 3. The van der Waals surface area contributed by atoms with Crippen molar-refractivity contribution in [3.8, 4) is 5.75 Å². The normalized spacial score (nSPS) is 18.5. The molecule has 4 rings (SSSR count). The maximum absolute atomic E-state index is 12.5. The van der Waals surface area contributed by atoms with Gasteiger partial charge in [-0.15, -0.1) is 25.6 Å². The van der Waals surface area contributed by atoms with Crippen LogP contribution in [0.1, 0.15) is 36.0 Å². The first-order valence-corrected chi connectivity index (χ1v) is 10.1. The van der Waals surface area contributed by atoms with Gasteiger partial charge in [-0.05, 0) is 62.1 Å². The van der Waals surface area contributed by atoms with Gasteiger partial charge in [-0.25, -0.2) is 4.98 Å². The molecule has 32 heavy (non-hydrogen) atoms. The fourth-order valence-corrected chi connectivity index (χ4v) is 3.84. The Morgan fingerprint density at radius 1 is 0.938 bits per heavy atom. The quantitative estimate of drug-likeness (QED) is 0.506. The number of ether oxygens (including phenoxy) is 1. The molecule has 1 aliphatic carbocycles. The summed E-state index contributed by atoms with van der Waals surface area (Å²) in [5, 5.41) is 7.46. The highest BCUT2D eigenvalue weighted by atomic mass is 35.5. The van der Waals surface area contributed by atoms with Crippen molar-refractivity contribution in [3.63, 3.8) is 0 Å². The van der Waals surface area contributed by atoms with Gasteiger partial charge in [-0.1, -0.05) is 24.3 Å². The van der Waals surface area contributed by atoms with E-state index in [0.29, 0.717) is 0 Å². The van der Waals surface area contributed by atoms with Gasteiger partial charge in [-0.2, -0.15) is 0 Å². The third-order valence-electron chi connectivity index (χ3n) is 5.34. The maximum Gasteiger partial charge on any atom is 0.573 e. The molecule has 1 fully saturated rings. The summed E-state index contributed by atoms with van der Waals surface area (Å²) in [5.41, 5.74) is 1.08. The molecule has 1 heterocycles. The topological polar surface area (TPSA) is 63.2 Å². The van der Waals surface area contributed by atoms with Crippen LogP contribution in [0.2, 0.25) is 0 Å². The fraction of sp³-hybridized carbons (Fsp3) is 0.304. The summed E-state index contributed by atoms with van der Waals surface area (Å²) < 4.78 is 41.0. The van der Waals surface area contributed by atoms with Gasteiger partial charge in [-0.3, -0.25) is 4.79 Å². The Hall–Kier alpha value is -3.00. The smallest absolute Gasteiger partial charge is 0.406 e. The summed E-state index contributed by atoms with van der Waals surface area (Å²) in [6.45, 7) is 0. The second kappa shape index (κ2) is 10.1. The van der Waals surface area contributed by atoms with Gasteiger partial charge < -0.3 is 15.4 Å². The molecule has 0 atom stereocenters. The third-order valence-corrected chi connectivity index (χ3v) is 5.34. The Balaban J connectivity index is 0.00000289. The highest BCUT2D eigenvalue weighted by molar-refractivity contribution is 5.94. The lowest BCUT2D eigenvalue weighted by Crippen LogP contribution is -2.40. The second-order valence-electron chi connectivity index (χ2n) is 7.63. The first kappa shape index (κ1) is 23.7. The lowest BCUT2D eigenvalue weighted by Gasteiger charge is -2.30. The van der Waals surface area contributed by atoms with E-state index in [1.54, 1.807) is 0 Å². The van der Waals surface area contributed by atoms with Gasteiger partial charge in [0.05, 0.1) is 5.52 Å². The molecule has 0 bridgehead atoms. The number of benzene rings is 2. The number of aromatic nitrogens is 1. The van der Waals surface area contributed by atoms with Gasteiger partial charge in [0.25, 0.3) is 5.91 Å². The summed E-state index contributed by atoms with van der Waals surface area (Å²) in [7, 11) is 0. The van der Waals surface area contributed by atoms with Gasteiger partial charge >= 0.3 is 6.36 Å². The molecular formula is C23H23ClF3N3O2. The van der Waals surface area contributed by atoms with E-state index < -0.39 is 18.0 Å². The van der Waals surface area contributed by atoms with Gasteiger partial charge in [0.15, 0.2) is 0 Å². The van der Waals surface area contributed by atoms with E-state index in [2.05, 4.69) is 20.4 Å². The average Bonchev–Trinajstić information content (AvgIpc) is 2.74. The van der Waals surface area contributed by atoms with E-state index in [1.165, 1.54) is 18.2 Å². The van der Waals surface area contributed by atoms with Gasteiger partial charge in [0.1, 0.15) is 11.6 Å². The molecular weight excluding hydrogens is 443 g/mol. The van der Waals surface area contributed by atoms with Gasteiger partial charge in [0.2, 0.25) is 0 Å². The van der Waals surface area contributed by atoms with Crippen LogP contribution in [0.25, 0.3) is 10.9 Å². The van der Waals surface area contributed by atoms with Crippen LogP contribution < -0.4 is 15.4 Å². The van der Waals surface area contributed by atoms with Crippen molar-refractivity contribution in [2.75, 3.05) is 5.32 Å². The Kier molecular flexibility index (Phi) is 7.45. The number of rotatable bonds is 5. The molecule has 1 amide bonds. The molecule has 0 radical (unpaired) electrons. The van der Waals surface area contributed by atoms with E-state index in [9.17, 15) is 18.0 Å². The molecule has 1 aromatic heterocycles. The minimum atomic E-state index is -4.79. The minimum absolute atomic E-state index is 0. The SMILES string of the molecule is Cl.O=C(NC1CCC(Nc2ccc3ccccc3n2)CC1)c1cccc(OC(F)(F)F)c1. The standard InChI is InChI=1S/C23H22F3N3O2.ClH/c24-23(25,26)31-19-6-3-5-16(14-19)22(30)28-18-11-9-17(10-12-18)27-21-13-8-15-4-1-2-7-20(15)29-21;/h1-8,13-14,17-18H,9-12H2,(H,27,29)(H,28,30);1H. The Labute approximate surface area is 189 Å². The van der Waals surface area contributed by atoms with Crippen LogP contribution in [-0.4, -0.2) is 29.3 Å². The highest BCUT2D eigenvalue weighted by Crippen LogP contribution is 2.25. The average molecular weight is 466 g/mol. The molecule has 1 saturated carbocycles. The van der Waals surface area contributed by atoms with E-state index in [1.807, 2.05) is 36.4 Å². The summed E-state index contributed by atoms with van der Waals surface area (Å²) in [5.74, 6) is 0.0174. The number of pyridine rings is 1. The largest absolute Gasteiger partial charge is 0.573 e. The molecule has 2 aromatic carbocycles. The number of fused-ring (bicyclic) bond motifs is 1. The molecule has 0 unspecified atom stereocenters. The fourth-order valence-electron chi connectivity index (χ4n) is 3.84. The first-order chi connectivity index (χ1) is 14.9. The number of anilines is 1. The first-order valence-electron chi connectivity index (χ1n) is 10.1. The van der Waals surface area contributed by atoms with Crippen LogP contribution in [-0.2, 0) is 0 Å². The zero-order valence-corrected chi connectivity index (χ0v) is 17.9. The predicted octanol–water partition coefficient (Wildman–Crippen LogP) is 5.71. The molecule has 2 N–H and O–H groups in total. The van der Waals surface area contributed by atoms with Crippen molar-refractivity contribution in [3.05, 3.63) is 66.2 Å². The lowest BCUT2D eigenvalue weighted by atomic mass is 9.91. The summed E-state index contributed by atoms with van der Waals surface area (Å²) in [6.07, 6.45) is -1.53. The van der Waals surface area contributed by atoms with Crippen molar-refractivity contribution < 1.29 is 22.7 Å². The number of carbonyl (C=O) groups is 1. The molecule has 0 aliphatic heterocycles.